The first kappa shape index (κ1) is 12.2. The summed E-state index contributed by atoms with van der Waals surface area (Å²) in [6.45, 7) is 3.95. The van der Waals surface area contributed by atoms with Gasteiger partial charge in [-0.1, -0.05) is 15.9 Å². The van der Waals surface area contributed by atoms with Gasteiger partial charge in [0.05, 0.1) is 11.4 Å². The Bertz CT molecular complexity index is 364. The Hall–Kier alpha value is -0.900. The SMILES string of the molecule is CCOc1cc(F)cc(C(=O)C(C)Br)c1. The molecule has 0 aliphatic heterocycles. The van der Waals surface area contributed by atoms with Crippen LogP contribution < -0.4 is 4.74 Å². The number of benzene rings is 1. The maximum Gasteiger partial charge on any atom is 0.176 e. The van der Waals surface area contributed by atoms with Gasteiger partial charge in [-0.05, 0) is 26.0 Å². The second-order valence-corrected chi connectivity index (χ2v) is 4.46. The third kappa shape index (κ3) is 3.30. The van der Waals surface area contributed by atoms with Crippen LogP contribution in [-0.4, -0.2) is 17.2 Å². The van der Waals surface area contributed by atoms with Crippen molar-refractivity contribution in [2.24, 2.45) is 0 Å². The van der Waals surface area contributed by atoms with Crippen molar-refractivity contribution in [3.05, 3.63) is 29.6 Å². The smallest absolute Gasteiger partial charge is 0.176 e. The molecule has 0 saturated heterocycles. The van der Waals surface area contributed by atoms with E-state index in [9.17, 15) is 9.18 Å². The number of halogens is 2. The molecule has 82 valence electrons. The van der Waals surface area contributed by atoms with Crippen LogP contribution in [-0.2, 0) is 0 Å². The quantitative estimate of drug-likeness (QED) is 0.623. The highest BCUT2D eigenvalue weighted by Crippen LogP contribution is 2.19. The lowest BCUT2D eigenvalue weighted by atomic mass is 10.1. The average molecular weight is 275 g/mol. The van der Waals surface area contributed by atoms with E-state index in [2.05, 4.69) is 15.9 Å². The average Bonchev–Trinajstić information content (AvgIpc) is 2.16. The number of ether oxygens (including phenoxy) is 1. The van der Waals surface area contributed by atoms with Crippen LogP contribution in [0.5, 0.6) is 5.75 Å². The number of Topliss-reactive ketones (excluding diaryl/α,β-unsaturated/α-hetero) is 1. The van der Waals surface area contributed by atoms with Crippen LogP contribution in [0.3, 0.4) is 0 Å². The van der Waals surface area contributed by atoms with Gasteiger partial charge in [0.25, 0.3) is 0 Å². The highest BCUT2D eigenvalue weighted by Gasteiger charge is 2.14. The van der Waals surface area contributed by atoms with Crippen LogP contribution in [0.1, 0.15) is 24.2 Å². The largest absolute Gasteiger partial charge is 0.494 e. The van der Waals surface area contributed by atoms with E-state index in [0.717, 1.165) is 0 Å². The van der Waals surface area contributed by atoms with Gasteiger partial charge in [-0.3, -0.25) is 4.79 Å². The topological polar surface area (TPSA) is 26.3 Å². The van der Waals surface area contributed by atoms with E-state index in [1.165, 1.54) is 12.1 Å². The first-order chi connectivity index (χ1) is 7.04. The van der Waals surface area contributed by atoms with Crippen molar-refractivity contribution in [2.45, 2.75) is 18.7 Å². The van der Waals surface area contributed by atoms with E-state index in [0.29, 0.717) is 17.9 Å². The lowest BCUT2D eigenvalue weighted by Gasteiger charge is -2.07. The van der Waals surface area contributed by atoms with Crippen molar-refractivity contribution < 1.29 is 13.9 Å². The summed E-state index contributed by atoms with van der Waals surface area (Å²) in [5, 5.41) is 0. The number of alkyl halides is 1. The number of rotatable bonds is 4. The first-order valence-electron chi connectivity index (χ1n) is 4.66. The molecule has 1 atom stereocenters. The van der Waals surface area contributed by atoms with Crippen LogP contribution in [0.4, 0.5) is 4.39 Å². The monoisotopic (exact) mass is 274 g/mol. The molecule has 1 aromatic carbocycles. The fourth-order valence-corrected chi connectivity index (χ4v) is 1.45. The summed E-state index contributed by atoms with van der Waals surface area (Å²) in [6, 6.07) is 4.02. The van der Waals surface area contributed by atoms with Gasteiger partial charge >= 0.3 is 0 Å². The Labute approximate surface area is 96.6 Å². The number of hydrogen-bond donors (Lipinski definition) is 0. The minimum Gasteiger partial charge on any atom is -0.494 e. The zero-order chi connectivity index (χ0) is 11.4. The van der Waals surface area contributed by atoms with Gasteiger partial charge in [-0.15, -0.1) is 0 Å². The molecule has 0 radical (unpaired) electrons. The Balaban J connectivity index is 3.03. The summed E-state index contributed by atoms with van der Waals surface area (Å²) < 4.78 is 18.3. The van der Waals surface area contributed by atoms with Gasteiger partial charge < -0.3 is 4.74 Å². The van der Waals surface area contributed by atoms with Gasteiger partial charge in [-0.25, -0.2) is 4.39 Å². The van der Waals surface area contributed by atoms with E-state index in [-0.39, 0.29) is 10.6 Å². The normalized spacial score (nSPS) is 12.3. The van der Waals surface area contributed by atoms with Gasteiger partial charge in [0.1, 0.15) is 11.6 Å². The molecule has 0 aromatic heterocycles. The second kappa shape index (κ2) is 5.26. The first-order valence-corrected chi connectivity index (χ1v) is 5.57. The van der Waals surface area contributed by atoms with Gasteiger partial charge in [-0.2, -0.15) is 0 Å². The van der Waals surface area contributed by atoms with Crippen molar-refractivity contribution in [1.29, 1.82) is 0 Å². The molecule has 1 rings (SSSR count). The van der Waals surface area contributed by atoms with Crippen molar-refractivity contribution >= 4 is 21.7 Å². The summed E-state index contributed by atoms with van der Waals surface area (Å²) in [4.78, 5) is 11.3. The molecular weight excluding hydrogens is 263 g/mol. The minimum atomic E-state index is -0.461. The molecule has 0 spiro atoms. The maximum atomic E-state index is 13.1. The van der Waals surface area contributed by atoms with E-state index >= 15 is 0 Å². The zero-order valence-electron chi connectivity index (χ0n) is 8.59. The van der Waals surface area contributed by atoms with Crippen molar-refractivity contribution in [3.8, 4) is 5.75 Å². The third-order valence-electron chi connectivity index (χ3n) is 1.83. The standard InChI is InChI=1S/C11H12BrFO2/c1-3-15-10-5-8(4-9(13)6-10)11(14)7(2)12/h4-7H,3H2,1-2H3. The highest BCUT2D eigenvalue weighted by atomic mass is 79.9. The Kier molecular flexibility index (Phi) is 4.27. The minimum absolute atomic E-state index is 0.157. The highest BCUT2D eigenvalue weighted by molar-refractivity contribution is 9.10. The molecule has 4 heteroatoms. The summed E-state index contributed by atoms with van der Waals surface area (Å²) in [6.07, 6.45) is 0. The third-order valence-corrected chi connectivity index (χ3v) is 2.24. The molecule has 0 fully saturated rings. The molecule has 1 unspecified atom stereocenters. The Morgan fingerprint density at radius 3 is 2.73 bits per heavy atom. The molecular formula is C11H12BrFO2. The molecule has 2 nitrogen and oxygen atoms in total. The van der Waals surface area contributed by atoms with Gasteiger partial charge in [0, 0.05) is 11.6 Å². The van der Waals surface area contributed by atoms with E-state index < -0.39 is 5.82 Å². The maximum absolute atomic E-state index is 13.1. The molecule has 0 amide bonds. The Morgan fingerprint density at radius 1 is 1.53 bits per heavy atom. The fourth-order valence-electron chi connectivity index (χ4n) is 1.18. The van der Waals surface area contributed by atoms with Crippen molar-refractivity contribution in [2.75, 3.05) is 6.61 Å². The molecule has 0 bridgehead atoms. The molecule has 15 heavy (non-hydrogen) atoms. The predicted molar refractivity (Wildman–Crippen MR) is 60.3 cm³/mol. The zero-order valence-corrected chi connectivity index (χ0v) is 10.2. The molecule has 0 heterocycles. The molecule has 0 aliphatic rings. The van der Waals surface area contributed by atoms with Crippen LogP contribution in [0.2, 0.25) is 0 Å². The van der Waals surface area contributed by atoms with E-state index in [1.54, 1.807) is 19.9 Å². The molecule has 1 aromatic rings. The van der Waals surface area contributed by atoms with Crippen LogP contribution in [0, 0.1) is 5.82 Å². The molecule has 0 aliphatic carbocycles. The van der Waals surface area contributed by atoms with Crippen molar-refractivity contribution in [3.63, 3.8) is 0 Å². The molecule has 0 N–H and O–H groups in total. The van der Waals surface area contributed by atoms with Crippen LogP contribution >= 0.6 is 15.9 Å². The summed E-state index contributed by atoms with van der Waals surface area (Å²) in [7, 11) is 0. The summed E-state index contributed by atoms with van der Waals surface area (Å²) >= 11 is 3.15. The van der Waals surface area contributed by atoms with Crippen LogP contribution in [0.15, 0.2) is 18.2 Å². The van der Waals surface area contributed by atoms with E-state index in [4.69, 9.17) is 4.74 Å². The fraction of sp³-hybridized carbons (Fsp3) is 0.364. The number of carbonyl (C=O) groups excluding carboxylic acids is 1. The Morgan fingerprint density at radius 2 is 2.20 bits per heavy atom. The lowest BCUT2D eigenvalue weighted by Crippen LogP contribution is -2.10. The summed E-state index contributed by atoms with van der Waals surface area (Å²) in [5.41, 5.74) is 0.322. The van der Waals surface area contributed by atoms with E-state index in [1.807, 2.05) is 0 Å². The van der Waals surface area contributed by atoms with Crippen molar-refractivity contribution in [1.82, 2.24) is 0 Å². The predicted octanol–water partition coefficient (Wildman–Crippen LogP) is 3.19. The number of hydrogen-bond acceptors (Lipinski definition) is 2. The van der Waals surface area contributed by atoms with Crippen LogP contribution in [0.25, 0.3) is 0 Å². The lowest BCUT2D eigenvalue weighted by molar-refractivity contribution is 0.0995. The van der Waals surface area contributed by atoms with Gasteiger partial charge in [0.2, 0.25) is 0 Å². The summed E-state index contributed by atoms with van der Waals surface area (Å²) in [5.74, 6) is -0.234. The molecule has 0 saturated carbocycles. The number of carbonyl (C=O) groups is 1. The number of ketones is 1. The van der Waals surface area contributed by atoms with Gasteiger partial charge in [0.15, 0.2) is 5.78 Å². The second-order valence-electron chi connectivity index (χ2n) is 3.09.